The zero-order valence-electron chi connectivity index (χ0n) is 12.5. The molecule has 2 amide bonds. The van der Waals surface area contributed by atoms with E-state index in [4.69, 9.17) is 4.74 Å². The molecule has 1 fully saturated rings. The Hall–Kier alpha value is -1.92. The second-order valence-electron chi connectivity index (χ2n) is 5.44. The van der Waals surface area contributed by atoms with E-state index in [1.807, 2.05) is 36.6 Å². The molecular weight excluding hydrogens is 298 g/mol. The molecule has 1 aliphatic rings. The smallest absolute Gasteiger partial charge is 0.319 e. The standard InChI is InChI=1S/C16H19N3O2S/c1-11-10-22-15(18-11)13-3-2-4-14(7-13)19-16(20)17-8-12-5-6-21-9-12/h2-4,7,10,12H,5-6,8-9H2,1H3,(H2,17,19,20)/t12-/m1/s1. The molecule has 3 rings (SSSR count). The Morgan fingerprint density at radius 2 is 2.41 bits per heavy atom. The minimum atomic E-state index is -0.181. The van der Waals surface area contributed by atoms with Gasteiger partial charge in [0.2, 0.25) is 0 Å². The normalized spacial score (nSPS) is 17.4. The Kier molecular flexibility index (Phi) is 4.70. The largest absolute Gasteiger partial charge is 0.381 e. The number of amides is 2. The SMILES string of the molecule is Cc1csc(-c2cccc(NC(=O)NC[C@H]3CCOC3)c2)n1. The van der Waals surface area contributed by atoms with Crippen LogP contribution >= 0.6 is 11.3 Å². The monoisotopic (exact) mass is 317 g/mol. The molecule has 5 nitrogen and oxygen atoms in total. The highest BCUT2D eigenvalue weighted by atomic mass is 32.1. The first-order valence-electron chi connectivity index (χ1n) is 7.36. The first-order valence-corrected chi connectivity index (χ1v) is 8.24. The molecular formula is C16H19N3O2S. The van der Waals surface area contributed by atoms with Crippen molar-refractivity contribution in [1.82, 2.24) is 10.3 Å². The summed E-state index contributed by atoms with van der Waals surface area (Å²) in [5.74, 6) is 0.426. The van der Waals surface area contributed by atoms with Crippen LogP contribution < -0.4 is 10.6 Å². The third kappa shape index (κ3) is 3.84. The lowest BCUT2D eigenvalue weighted by atomic mass is 10.1. The lowest BCUT2D eigenvalue weighted by Crippen LogP contribution is -2.33. The quantitative estimate of drug-likeness (QED) is 0.909. The predicted octanol–water partition coefficient (Wildman–Crippen LogP) is 3.28. The van der Waals surface area contributed by atoms with Crippen LogP contribution in [0.25, 0.3) is 10.6 Å². The van der Waals surface area contributed by atoms with Gasteiger partial charge in [-0.3, -0.25) is 0 Å². The van der Waals surface area contributed by atoms with Crippen molar-refractivity contribution in [2.75, 3.05) is 25.1 Å². The fourth-order valence-corrected chi connectivity index (χ4v) is 3.17. The van der Waals surface area contributed by atoms with Crippen molar-refractivity contribution >= 4 is 23.1 Å². The fraction of sp³-hybridized carbons (Fsp3) is 0.375. The second kappa shape index (κ2) is 6.89. The van der Waals surface area contributed by atoms with Gasteiger partial charge < -0.3 is 15.4 Å². The fourth-order valence-electron chi connectivity index (χ4n) is 2.37. The molecule has 1 aromatic carbocycles. The van der Waals surface area contributed by atoms with Crippen LogP contribution in [-0.2, 0) is 4.74 Å². The van der Waals surface area contributed by atoms with E-state index in [2.05, 4.69) is 15.6 Å². The van der Waals surface area contributed by atoms with Gasteiger partial charge in [-0.1, -0.05) is 12.1 Å². The second-order valence-corrected chi connectivity index (χ2v) is 6.30. The van der Waals surface area contributed by atoms with Crippen LogP contribution in [0.1, 0.15) is 12.1 Å². The zero-order chi connectivity index (χ0) is 15.4. The maximum absolute atomic E-state index is 11.9. The molecule has 6 heteroatoms. The maximum Gasteiger partial charge on any atom is 0.319 e. The highest BCUT2D eigenvalue weighted by Gasteiger charge is 2.16. The van der Waals surface area contributed by atoms with Crippen molar-refractivity contribution in [2.24, 2.45) is 5.92 Å². The molecule has 2 aromatic rings. The van der Waals surface area contributed by atoms with Crippen LogP contribution in [0.4, 0.5) is 10.5 Å². The van der Waals surface area contributed by atoms with Gasteiger partial charge in [0.15, 0.2) is 0 Å². The topological polar surface area (TPSA) is 63.2 Å². The van der Waals surface area contributed by atoms with E-state index >= 15 is 0 Å². The Balaban J connectivity index is 1.58. The van der Waals surface area contributed by atoms with Crippen molar-refractivity contribution in [3.63, 3.8) is 0 Å². The van der Waals surface area contributed by atoms with Crippen molar-refractivity contribution in [3.05, 3.63) is 35.3 Å². The van der Waals surface area contributed by atoms with Crippen LogP contribution in [-0.4, -0.2) is 30.8 Å². The van der Waals surface area contributed by atoms with Gasteiger partial charge in [-0.2, -0.15) is 0 Å². The molecule has 1 aliphatic heterocycles. The minimum absolute atomic E-state index is 0.181. The number of ether oxygens (including phenoxy) is 1. The molecule has 0 saturated carbocycles. The summed E-state index contributed by atoms with van der Waals surface area (Å²) < 4.78 is 5.30. The van der Waals surface area contributed by atoms with Crippen LogP contribution in [0.15, 0.2) is 29.6 Å². The van der Waals surface area contributed by atoms with Crippen molar-refractivity contribution in [1.29, 1.82) is 0 Å². The number of aromatic nitrogens is 1. The predicted molar refractivity (Wildman–Crippen MR) is 88.2 cm³/mol. The summed E-state index contributed by atoms with van der Waals surface area (Å²) in [5.41, 5.74) is 2.79. The van der Waals surface area contributed by atoms with Gasteiger partial charge in [-0.05, 0) is 25.5 Å². The van der Waals surface area contributed by atoms with E-state index in [1.165, 1.54) is 0 Å². The van der Waals surface area contributed by atoms with Crippen LogP contribution in [0.2, 0.25) is 0 Å². The number of hydrogen-bond acceptors (Lipinski definition) is 4. The molecule has 116 valence electrons. The molecule has 1 saturated heterocycles. The number of anilines is 1. The summed E-state index contributed by atoms with van der Waals surface area (Å²) in [4.78, 5) is 16.4. The Morgan fingerprint density at radius 3 is 3.14 bits per heavy atom. The maximum atomic E-state index is 11.9. The summed E-state index contributed by atoms with van der Waals surface area (Å²) in [7, 11) is 0. The van der Waals surface area contributed by atoms with E-state index in [0.717, 1.165) is 41.6 Å². The minimum Gasteiger partial charge on any atom is -0.381 e. The number of carbonyl (C=O) groups excluding carboxylic acids is 1. The van der Waals surface area contributed by atoms with Crippen molar-refractivity contribution < 1.29 is 9.53 Å². The van der Waals surface area contributed by atoms with Gasteiger partial charge in [-0.15, -0.1) is 11.3 Å². The van der Waals surface area contributed by atoms with E-state index < -0.39 is 0 Å². The molecule has 0 spiro atoms. The molecule has 1 aromatic heterocycles. The molecule has 22 heavy (non-hydrogen) atoms. The number of hydrogen-bond donors (Lipinski definition) is 2. The van der Waals surface area contributed by atoms with Gasteiger partial charge in [0.05, 0.1) is 6.61 Å². The first-order chi connectivity index (χ1) is 10.7. The lowest BCUT2D eigenvalue weighted by molar-refractivity contribution is 0.185. The number of rotatable bonds is 4. The van der Waals surface area contributed by atoms with E-state index in [-0.39, 0.29) is 6.03 Å². The number of thiazole rings is 1. The van der Waals surface area contributed by atoms with E-state index in [1.54, 1.807) is 11.3 Å². The number of benzene rings is 1. The molecule has 0 radical (unpaired) electrons. The molecule has 0 aliphatic carbocycles. The summed E-state index contributed by atoms with van der Waals surface area (Å²) in [6.45, 7) is 4.15. The van der Waals surface area contributed by atoms with Crippen LogP contribution in [0.3, 0.4) is 0 Å². The summed E-state index contributed by atoms with van der Waals surface area (Å²) >= 11 is 1.60. The van der Waals surface area contributed by atoms with E-state index in [0.29, 0.717) is 12.5 Å². The number of nitrogens with zero attached hydrogens (tertiary/aromatic N) is 1. The Bertz CT molecular complexity index is 650. The average Bonchev–Trinajstić information content (AvgIpc) is 3.17. The van der Waals surface area contributed by atoms with Gasteiger partial charge in [0, 0.05) is 41.4 Å². The highest BCUT2D eigenvalue weighted by molar-refractivity contribution is 7.13. The van der Waals surface area contributed by atoms with Gasteiger partial charge in [0.25, 0.3) is 0 Å². The lowest BCUT2D eigenvalue weighted by Gasteiger charge is -2.11. The Labute approximate surface area is 133 Å². The Morgan fingerprint density at radius 1 is 1.50 bits per heavy atom. The summed E-state index contributed by atoms with van der Waals surface area (Å²) in [5, 5.41) is 8.74. The number of urea groups is 1. The molecule has 0 bridgehead atoms. The molecule has 2 heterocycles. The molecule has 0 unspecified atom stereocenters. The number of aryl methyl sites for hydroxylation is 1. The first kappa shape index (κ1) is 15.0. The number of nitrogens with one attached hydrogen (secondary N) is 2. The third-order valence-electron chi connectivity index (χ3n) is 3.56. The number of carbonyl (C=O) groups is 1. The third-order valence-corrected chi connectivity index (χ3v) is 4.57. The highest BCUT2D eigenvalue weighted by Crippen LogP contribution is 2.25. The average molecular weight is 317 g/mol. The summed E-state index contributed by atoms with van der Waals surface area (Å²) in [6.07, 6.45) is 1.01. The summed E-state index contributed by atoms with van der Waals surface area (Å²) in [6, 6.07) is 7.56. The van der Waals surface area contributed by atoms with Gasteiger partial charge in [0.1, 0.15) is 5.01 Å². The van der Waals surface area contributed by atoms with Crippen molar-refractivity contribution in [3.8, 4) is 10.6 Å². The molecule has 2 N–H and O–H groups in total. The van der Waals surface area contributed by atoms with E-state index in [9.17, 15) is 4.79 Å². The van der Waals surface area contributed by atoms with Crippen molar-refractivity contribution in [2.45, 2.75) is 13.3 Å². The zero-order valence-corrected chi connectivity index (χ0v) is 13.3. The van der Waals surface area contributed by atoms with Gasteiger partial charge in [-0.25, -0.2) is 9.78 Å². The van der Waals surface area contributed by atoms with Crippen LogP contribution in [0, 0.1) is 12.8 Å². The van der Waals surface area contributed by atoms with Gasteiger partial charge >= 0.3 is 6.03 Å². The van der Waals surface area contributed by atoms with Crippen LogP contribution in [0.5, 0.6) is 0 Å². The molecule has 1 atom stereocenters.